The van der Waals surface area contributed by atoms with Gasteiger partial charge in [-0.25, -0.2) is 0 Å². The molecule has 3 rings (SSSR count). The number of carbonyl (C=O) groups excluding carboxylic acids is 1. The van der Waals surface area contributed by atoms with Gasteiger partial charge in [0.2, 0.25) is 0 Å². The zero-order chi connectivity index (χ0) is 21.6. The number of halogens is 1. The average molecular weight is 447 g/mol. The number of benzene rings is 1. The number of carbonyl (C=O) groups is 1. The minimum absolute atomic E-state index is 0.192. The number of nitriles is 1. The summed E-state index contributed by atoms with van der Waals surface area (Å²) in [5, 5.41) is 12.9. The van der Waals surface area contributed by atoms with Crippen molar-refractivity contribution in [1.82, 2.24) is 5.32 Å². The Balaban J connectivity index is 1.68. The van der Waals surface area contributed by atoms with Gasteiger partial charge in [-0.05, 0) is 69.4 Å². The predicted octanol–water partition coefficient (Wildman–Crippen LogP) is 4.90. The highest BCUT2D eigenvalue weighted by Gasteiger charge is 2.24. The fourth-order valence-electron chi connectivity index (χ4n) is 3.43. The van der Waals surface area contributed by atoms with Crippen LogP contribution in [0, 0.1) is 11.3 Å². The smallest absolute Gasteiger partial charge is 0.306 e. The van der Waals surface area contributed by atoms with Crippen molar-refractivity contribution in [2.75, 3.05) is 13.2 Å². The van der Waals surface area contributed by atoms with E-state index < -0.39 is 6.10 Å². The van der Waals surface area contributed by atoms with E-state index in [1.54, 1.807) is 17.4 Å². The summed E-state index contributed by atoms with van der Waals surface area (Å²) in [5.74, 6) is 0.335. The van der Waals surface area contributed by atoms with Crippen molar-refractivity contribution >= 4 is 28.9 Å². The number of thiophene rings is 1. The monoisotopic (exact) mass is 446 g/mol. The van der Waals surface area contributed by atoms with Gasteiger partial charge in [-0.3, -0.25) is 4.79 Å². The number of ether oxygens (including phenoxy) is 2. The van der Waals surface area contributed by atoms with Gasteiger partial charge in [0.1, 0.15) is 24.5 Å². The van der Waals surface area contributed by atoms with Crippen LogP contribution in [0.25, 0.3) is 0 Å². The molecule has 160 valence electrons. The average Bonchev–Trinajstić information content (AvgIpc) is 3.10. The summed E-state index contributed by atoms with van der Waals surface area (Å²) in [6, 6.07) is 11.8. The summed E-state index contributed by atoms with van der Waals surface area (Å²) in [6.07, 6.45) is 3.28. The Morgan fingerprint density at radius 1 is 1.27 bits per heavy atom. The van der Waals surface area contributed by atoms with Gasteiger partial charge in [-0.15, -0.1) is 11.3 Å². The number of rotatable bonds is 5. The maximum absolute atomic E-state index is 12.3. The largest absolute Gasteiger partial charge is 0.488 e. The summed E-state index contributed by atoms with van der Waals surface area (Å²) < 4.78 is 12.4. The summed E-state index contributed by atoms with van der Waals surface area (Å²) in [4.78, 5) is 13.5. The molecule has 2 heterocycles. The van der Waals surface area contributed by atoms with Crippen LogP contribution < -0.4 is 10.1 Å². The predicted molar refractivity (Wildman–Crippen MR) is 119 cm³/mol. The van der Waals surface area contributed by atoms with E-state index in [0.717, 1.165) is 35.6 Å². The molecule has 0 saturated carbocycles. The van der Waals surface area contributed by atoms with Crippen LogP contribution in [0.5, 0.6) is 5.75 Å². The van der Waals surface area contributed by atoms with E-state index in [4.69, 9.17) is 21.1 Å². The minimum Gasteiger partial charge on any atom is -0.488 e. The van der Waals surface area contributed by atoms with E-state index in [9.17, 15) is 10.1 Å². The molecule has 1 atom stereocenters. The fraction of sp³-hybridized carbons (Fsp3) is 0.478. The lowest BCUT2D eigenvalue weighted by molar-refractivity contribution is -0.150. The van der Waals surface area contributed by atoms with E-state index in [0.29, 0.717) is 24.3 Å². The first-order valence-electron chi connectivity index (χ1n) is 10.2. The van der Waals surface area contributed by atoms with Crippen LogP contribution in [0.15, 0.2) is 30.3 Å². The molecule has 0 fully saturated rings. The van der Waals surface area contributed by atoms with Gasteiger partial charge in [0.15, 0.2) is 0 Å². The number of fused-ring (bicyclic) bond motifs is 2. The molecule has 0 saturated heterocycles. The van der Waals surface area contributed by atoms with Crippen LogP contribution in [-0.4, -0.2) is 30.8 Å². The number of aryl methyl sites for hydroxylation is 1. The molecule has 0 unspecified atom stereocenters. The van der Waals surface area contributed by atoms with Gasteiger partial charge in [0, 0.05) is 23.4 Å². The number of nitrogens with zero attached hydrogens (tertiary/aromatic N) is 1. The Kier molecular flexibility index (Phi) is 7.76. The fourth-order valence-corrected chi connectivity index (χ4v) is 4.75. The highest BCUT2D eigenvalue weighted by Crippen LogP contribution is 2.25. The molecule has 5 nitrogen and oxygen atoms in total. The molecule has 0 spiro atoms. The number of hydrogen-bond donors (Lipinski definition) is 1. The van der Waals surface area contributed by atoms with Crippen LogP contribution in [0.2, 0.25) is 4.34 Å². The third kappa shape index (κ3) is 6.73. The lowest BCUT2D eigenvalue weighted by Crippen LogP contribution is -2.47. The molecule has 1 aromatic heterocycles. The Labute approximate surface area is 187 Å². The molecule has 0 radical (unpaired) electrons. The van der Waals surface area contributed by atoms with Crippen molar-refractivity contribution < 1.29 is 14.3 Å². The van der Waals surface area contributed by atoms with Crippen LogP contribution in [0.4, 0.5) is 0 Å². The maximum Gasteiger partial charge on any atom is 0.306 e. The van der Waals surface area contributed by atoms with Gasteiger partial charge >= 0.3 is 5.97 Å². The third-order valence-electron chi connectivity index (χ3n) is 5.04. The maximum atomic E-state index is 12.3. The van der Waals surface area contributed by atoms with Crippen molar-refractivity contribution in [2.24, 2.45) is 0 Å². The van der Waals surface area contributed by atoms with Crippen LogP contribution >= 0.6 is 22.9 Å². The Hall–Kier alpha value is -2.07. The molecule has 1 aromatic carbocycles. The molecule has 2 bridgehead atoms. The van der Waals surface area contributed by atoms with Crippen molar-refractivity contribution in [1.29, 1.82) is 5.26 Å². The molecular formula is C23H27ClN2O3S. The second-order valence-corrected chi connectivity index (χ2v) is 10.0. The van der Waals surface area contributed by atoms with Gasteiger partial charge in [-0.2, -0.15) is 5.26 Å². The summed E-state index contributed by atoms with van der Waals surface area (Å²) in [6.45, 7) is 4.86. The first-order chi connectivity index (χ1) is 14.3. The van der Waals surface area contributed by atoms with Crippen LogP contribution in [-0.2, 0) is 22.4 Å². The number of hydrogen-bond acceptors (Lipinski definition) is 6. The lowest BCUT2D eigenvalue weighted by atomic mass is 9.99. The van der Waals surface area contributed by atoms with Gasteiger partial charge in [0.05, 0.1) is 9.90 Å². The van der Waals surface area contributed by atoms with Crippen molar-refractivity contribution in [2.45, 2.75) is 57.6 Å². The number of cyclic esters (lactones) is 1. The zero-order valence-electron chi connectivity index (χ0n) is 17.4. The molecule has 1 aliphatic rings. The Bertz CT molecular complexity index is 919. The summed E-state index contributed by atoms with van der Waals surface area (Å²) in [5.41, 5.74) is 1.40. The van der Waals surface area contributed by atoms with E-state index in [2.05, 4.69) is 25.2 Å². The number of esters is 1. The van der Waals surface area contributed by atoms with E-state index >= 15 is 0 Å². The first kappa shape index (κ1) is 22.6. The van der Waals surface area contributed by atoms with E-state index in [1.165, 1.54) is 4.88 Å². The van der Waals surface area contributed by atoms with Crippen LogP contribution in [0.1, 0.15) is 49.1 Å². The molecule has 1 aliphatic heterocycles. The minimum atomic E-state index is -0.446. The van der Waals surface area contributed by atoms with Crippen molar-refractivity contribution in [3.05, 3.63) is 50.7 Å². The molecule has 2 aromatic rings. The molecule has 0 aliphatic carbocycles. The Morgan fingerprint density at radius 2 is 2.07 bits per heavy atom. The third-order valence-corrected chi connectivity index (χ3v) is 6.27. The topological polar surface area (TPSA) is 71.3 Å². The second-order valence-electron chi connectivity index (χ2n) is 8.22. The zero-order valence-corrected chi connectivity index (χ0v) is 18.9. The SMILES string of the molecule is CC(C)(Cc1ccc(Cl)s1)NC[C@@H]1COc2cc(ccc2C#N)CCCCC(=O)O1. The van der Waals surface area contributed by atoms with Crippen molar-refractivity contribution in [3.8, 4) is 11.8 Å². The highest BCUT2D eigenvalue weighted by molar-refractivity contribution is 7.16. The summed E-state index contributed by atoms with van der Waals surface area (Å²) in [7, 11) is 0. The molecule has 0 amide bonds. The second kappa shape index (κ2) is 10.3. The van der Waals surface area contributed by atoms with E-state index in [1.807, 2.05) is 24.3 Å². The van der Waals surface area contributed by atoms with Crippen LogP contribution in [0.3, 0.4) is 0 Å². The van der Waals surface area contributed by atoms with Crippen molar-refractivity contribution in [3.63, 3.8) is 0 Å². The highest BCUT2D eigenvalue weighted by atomic mass is 35.5. The van der Waals surface area contributed by atoms with Gasteiger partial charge in [0.25, 0.3) is 0 Å². The van der Waals surface area contributed by atoms with Gasteiger partial charge < -0.3 is 14.8 Å². The normalized spacial score (nSPS) is 17.8. The lowest BCUT2D eigenvalue weighted by Gasteiger charge is -2.29. The Morgan fingerprint density at radius 3 is 2.80 bits per heavy atom. The molecule has 1 N–H and O–H groups in total. The van der Waals surface area contributed by atoms with E-state index in [-0.39, 0.29) is 18.1 Å². The standard InChI is InChI=1S/C23H27ClN2O3S/c1-23(2,12-19-9-10-21(24)30-19)26-14-18-15-28-20-11-16(7-8-17(20)13-25)5-3-4-6-22(27)29-18/h7-11,18,26H,3-6,12,14-15H2,1-2H3/t18-/m1/s1. The quantitative estimate of drug-likeness (QED) is 0.661. The molecule has 7 heteroatoms. The first-order valence-corrected chi connectivity index (χ1v) is 11.4. The number of nitrogens with one attached hydrogen (secondary N) is 1. The molecule has 30 heavy (non-hydrogen) atoms. The summed E-state index contributed by atoms with van der Waals surface area (Å²) >= 11 is 7.62. The molecular weight excluding hydrogens is 420 g/mol. The van der Waals surface area contributed by atoms with Gasteiger partial charge in [-0.1, -0.05) is 17.7 Å².